The Kier molecular flexibility index (Phi) is 2.50. The molecular weight excluding hydrogens is 170 g/mol. The van der Waals surface area contributed by atoms with Crippen LogP contribution in [0.1, 0.15) is 5.56 Å². The van der Waals surface area contributed by atoms with Crippen LogP contribution in [0.15, 0.2) is 18.2 Å². The normalized spacial score (nSPS) is 8.92. The highest BCUT2D eigenvalue weighted by atomic mass is 16.6. The summed E-state index contributed by atoms with van der Waals surface area (Å²) in [4.78, 5) is 9.94. The van der Waals surface area contributed by atoms with E-state index in [1.807, 2.05) is 0 Å². The summed E-state index contributed by atoms with van der Waals surface area (Å²) in [6, 6.07) is 4.28. The number of benzene rings is 1. The molecule has 0 fully saturated rings. The van der Waals surface area contributed by atoms with Gasteiger partial charge in [-0.3, -0.25) is 10.1 Å². The zero-order chi connectivity index (χ0) is 9.84. The first kappa shape index (κ1) is 9.07. The molecule has 0 saturated heterocycles. The number of nitrogens with zero attached hydrogens (tertiary/aromatic N) is 1. The van der Waals surface area contributed by atoms with Crippen LogP contribution in [0.5, 0.6) is 5.75 Å². The van der Waals surface area contributed by atoms with E-state index in [1.54, 1.807) is 0 Å². The first-order chi connectivity index (χ1) is 6.19. The van der Waals surface area contributed by atoms with Crippen LogP contribution in [0.25, 0.3) is 0 Å². The molecule has 0 atom stereocenters. The number of terminal acetylenes is 1. The number of nitro groups is 1. The topological polar surface area (TPSA) is 52.4 Å². The van der Waals surface area contributed by atoms with Gasteiger partial charge in [-0.15, -0.1) is 6.42 Å². The van der Waals surface area contributed by atoms with E-state index in [9.17, 15) is 10.1 Å². The Morgan fingerprint density at radius 2 is 2.31 bits per heavy atom. The zero-order valence-corrected chi connectivity index (χ0v) is 6.98. The highest BCUT2D eigenvalue weighted by molar-refractivity contribution is 5.51. The molecule has 4 nitrogen and oxygen atoms in total. The third-order valence-corrected chi connectivity index (χ3v) is 1.54. The monoisotopic (exact) mass is 177 g/mol. The second kappa shape index (κ2) is 3.59. The molecule has 0 aromatic heterocycles. The van der Waals surface area contributed by atoms with E-state index in [-0.39, 0.29) is 11.4 Å². The molecule has 0 heterocycles. The van der Waals surface area contributed by atoms with Crippen LogP contribution in [0, 0.1) is 22.5 Å². The molecular formula is C9H7NO3. The third kappa shape index (κ3) is 1.76. The summed E-state index contributed by atoms with van der Waals surface area (Å²) in [7, 11) is 1.36. The third-order valence-electron chi connectivity index (χ3n) is 1.54. The van der Waals surface area contributed by atoms with E-state index in [2.05, 4.69) is 5.92 Å². The average Bonchev–Trinajstić information content (AvgIpc) is 2.16. The second-order valence-corrected chi connectivity index (χ2v) is 2.29. The van der Waals surface area contributed by atoms with E-state index >= 15 is 0 Å². The van der Waals surface area contributed by atoms with E-state index < -0.39 is 4.92 Å². The quantitative estimate of drug-likeness (QED) is 0.391. The van der Waals surface area contributed by atoms with Crippen molar-refractivity contribution in [2.24, 2.45) is 0 Å². The van der Waals surface area contributed by atoms with Crippen molar-refractivity contribution in [2.45, 2.75) is 0 Å². The molecule has 0 radical (unpaired) electrons. The van der Waals surface area contributed by atoms with Crippen molar-refractivity contribution in [3.63, 3.8) is 0 Å². The Labute approximate surface area is 75.3 Å². The van der Waals surface area contributed by atoms with Gasteiger partial charge >= 0.3 is 5.69 Å². The van der Waals surface area contributed by atoms with Gasteiger partial charge in [0.15, 0.2) is 5.75 Å². The van der Waals surface area contributed by atoms with Crippen LogP contribution < -0.4 is 4.74 Å². The molecule has 0 aliphatic heterocycles. The molecule has 0 saturated carbocycles. The SMILES string of the molecule is C#Cc1ccc([N+](=O)[O-])c(OC)c1. The van der Waals surface area contributed by atoms with E-state index in [4.69, 9.17) is 11.2 Å². The lowest BCUT2D eigenvalue weighted by molar-refractivity contribution is -0.385. The van der Waals surface area contributed by atoms with Gasteiger partial charge in [0, 0.05) is 17.7 Å². The predicted molar refractivity (Wildman–Crippen MR) is 47.6 cm³/mol. The Balaban J connectivity index is 3.25. The van der Waals surface area contributed by atoms with Gasteiger partial charge in [0.1, 0.15) is 0 Å². The maximum Gasteiger partial charge on any atom is 0.310 e. The molecule has 0 spiro atoms. The molecule has 0 N–H and O–H groups in total. The fraction of sp³-hybridized carbons (Fsp3) is 0.111. The van der Waals surface area contributed by atoms with Gasteiger partial charge in [-0.05, 0) is 6.07 Å². The Hall–Kier alpha value is -2.02. The van der Waals surface area contributed by atoms with Crippen LogP contribution in [0.3, 0.4) is 0 Å². The van der Waals surface area contributed by atoms with Crippen LogP contribution in [-0.2, 0) is 0 Å². The number of methoxy groups -OCH3 is 1. The highest BCUT2D eigenvalue weighted by Crippen LogP contribution is 2.26. The summed E-state index contributed by atoms with van der Waals surface area (Å²) >= 11 is 0. The second-order valence-electron chi connectivity index (χ2n) is 2.29. The Bertz CT molecular complexity index is 379. The molecule has 1 aromatic carbocycles. The number of nitro benzene ring substituents is 1. The van der Waals surface area contributed by atoms with Crippen LogP contribution in [-0.4, -0.2) is 12.0 Å². The minimum absolute atomic E-state index is 0.0819. The van der Waals surface area contributed by atoms with Crippen molar-refractivity contribution in [2.75, 3.05) is 7.11 Å². The van der Waals surface area contributed by atoms with Crippen molar-refractivity contribution < 1.29 is 9.66 Å². The number of rotatable bonds is 2. The summed E-state index contributed by atoms with van der Waals surface area (Å²) in [5, 5.41) is 10.5. The minimum atomic E-state index is -0.515. The Morgan fingerprint density at radius 1 is 1.62 bits per heavy atom. The maximum atomic E-state index is 10.5. The van der Waals surface area contributed by atoms with E-state index in [0.29, 0.717) is 5.56 Å². The van der Waals surface area contributed by atoms with Crippen LogP contribution in [0.4, 0.5) is 5.69 Å². The summed E-state index contributed by atoms with van der Waals surface area (Å²) in [6.45, 7) is 0. The van der Waals surface area contributed by atoms with E-state index in [0.717, 1.165) is 0 Å². The number of hydrogen-bond acceptors (Lipinski definition) is 3. The lowest BCUT2D eigenvalue weighted by Crippen LogP contribution is -1.93. The highest BCUT2D eigenvalue weighted by Gasteiger charge is 2.13. The van der Waals surface area contributed by atoms with Gasteiger partial charge in [0.25, 0.3) is 0 Å². The largest absolute Gasteiger partial charge is 0.490 e. The molecule has 13 heavy (non-hydrogen) atoms. The summed E-state index contributed by atoms with van der Waals surface area (Å²) in [5.74, 6) is 2.55. The fourth-order valence-corrected chi connectivity index (χ4v) is 0.918. The summed E-state index contributed by atoms with van der Waals surface area (Å²) in [6.07, 6.45) is 5.12. The van der Waals surface area contributed by atoms with Gasteiger partial charge < -0.3 is 4.74 Å². The summed E-state index contributed by atoms with van der Waals surface area (Å²) in [5.41, 5.74) is 0.476. The molecule has 1 rings (SSSR count). The molecule has 4 heteroatoms. The molecule has 0 aliphatic rings. The van der Waals surface area contributed by atoms with Gasteiger partial charge in [-0.25, -0.2) is 0 Å². The van der Waals surface area contributed by atoms with Crippen molar-refractivity contribution in [3.8, 4) is 18.1 Å². The van der Waals surface area contributed by atoms with Crippen molar-refractivity contribution in [1.82, 2.24) is 0 Å². The van der Waals surface area contributed by atoms with Crippen LogP contribution in [0.2, 0.25) is 0 Å². The first-order valence-corrected chi connectivity index (χ1v) is 3.48. The van der Waals surface area contributed by atoms with Gasteiger partial charge in [0.2, 0.25) is 0 Å². The first-order valence-electron chi connectivity index (χ1n) is 3.48. The van der Waals surface area contributed by atoms with Crippen LogP contribution >= 0.6 is 0 Å². The lowest BCUT2D eigenvalue weighted by atomic mass is 10.2. The molecule has 1 aromatic rings. The lowest BCUT2D eigenvalue weighted by Gasteiger charge is -2.00. The molecule has 0 amide bonds. The smallest absolute Gasteiger partial charge is 0.310 e. The number of hydrogen-bond donors (Lipinski definition) is 0. The molecule has 0 unspecified atom stereocenters. The minimum Gasteiger partial charge on any atom is -0.490 e. The summed E-state index contributed by atoms with van der Waals surface area (Å²) < 4.78 is 4.81. The standard InChI is InChI=1S/C9H7NO3/c1-3-7-4-5-8(10(11)12)9(6-7)13-2/h1,4-6H,2H3. The molecule has 0 aliphatic carbocycles. The average molecular weight is 177 g/mol. The zero-order valence-electron chi connectivity index (χ0n) is 6.98. The van der Waals surface area contributed by atoms with Crippen molar-refractivity contribution in [3.05, 3.63) is 33.9 Å². The molecule has 66 valence electrons. The van der Waals surface area contributed by atoms with E-state index in [1.165, 1.54) is 25.3 Å². The predicted octanol–water partition coefficient (Wildman–Crippen LogP) is 1.58. The number of ether oxygens (including phenoxy) is 1. The maximum absolute atomic E-state index is 10.5. The van der Waals surface area contributed by atoms with Crippen molar-refractivity contribution in [1.29, 1.82) is 0 Å². The van der Waals surface area contributed by atoms with Crippen molar-refractivity contribution >= 4 is 5.69 Å². The van der Waals surface area contributed by atoms with Gasteiger partial charge in [-0.1, -0.05) is 5.92 Å². The Morgan fingerprint density at radius 3 is 2.77 bits per heavy atom. The van der Waals surface area contributed by atoms with Gasteiger partial charge in [-0.2, -0.15) is 0 Å². The van der Waals surface area contributed by atoms with Gasteiger partial charge in [0.05, 0.1) is 12.0 Å². The molecule has 0 bridgehead atoms. The fourth-order valence-electron chi connectivity index (χ4n) is 0.918.